The Bertz CT molecular complexity index is 1130. The lowest BCUT2D eigenvalue weighted by Crippen LogP contribution is -2.12. The topological polar surface area (TPSA) is 40.5 Å². The van der Waals surface area contributed by atoms with Gasteiger partial charge in [-0.15, -0.1) is 0 Å². The van der Waals surface area contributed by atoms with E-state index in [-0.39, 0.29) is 6.61 Å². The second kappa shape index (κ2) is 8.23. The van der Waals surface area contributed by atoms with Crippen LogP contribution in [0, 0.1) is 6.92 Å². The summed E-state index contributed by atoms with van der Waals surface area (Å²) in [5.74, 6) is 0.297. The lowest BCUT2D eigenvalue weighted by molar-refractivity contribution is -0.142. The van der Waals surface area contributed by atoms with Crippen molar-refractivity contribution in [2.45, 2.75) is 13.5 Å². The highest BCUT2D eigenvalue weighted by molar-refractivity contribution is 5.88. The van der Waals surface area contributed by atoms with Gasteiger partial charge in [-0.1, -0.05) is 60.7 Å². The number of rotatable bonds is 6. The average Bonchev–Trinajstić information content (AvgIpc) is 3.09. The number of benzene rings is 3. The Morgan fingerprint density at radius 2 is 1.62 bits per heavy atom. The van der Waals surface area contributed by atoms with Gasteiger partial charge in [-0.25, -0.2) is 4.79 Å². The van der Waals surface area contributed by atoms with Crippen LogP contribution in [-0.4, -0.2) is 24.3 Å². The third-order valence-electron chi connectivity index (χ3n) is 5.09. The molecule has 29 heavy (non-hydrogen) atoms. The highest BCUT2D eigenvalue weighted by atomic mass is 16.6. The molecular weight excluding hydrogens is 362 g/mol. The number of hydrogen-bond donors (Lipinski definition) is 0. The van der Waals surface area contributed by atoms with Crippen LogP contribution in [-0.2, 0) is 16.1 Å². The monoisotopic (exact) mass is 385 g/mol. The molecule has 0 saturated carbocycles. The Morgan fingerprint density at radius 3 is 2.34 bits per heavy atom. The second-order valence-corrected chi connectivity index (χ2v) is 6.99. The molecule has 0 spiro atoms. The highest BCUT2D eigenvalue weighted by Gasteiger charge is 2.12. The molecule has 0 fully saturated rings. The van der Waals surface area contributed by atoms with E-state index in [1.807, 2.05) is 18.2 Å². The number of aromatic nitrogens is 1. The molecule has 0 aliphatic carbocycles. The van der Waals surface area contributed by atoms with E-state index in [4.69, 9.17) is 4.74 Å². The maximum Gasteiger partial charge on any atom is 0.343 e. The van der Waals surface area contributed by atoms with E-state index >= 15 is 0 Å². The van der Waals surface area contributed by atoms with E-state index in [9.17, 15) is 4.79 Å². The Labute approximate surface area is 170 Å². The highest BCUT2D eigenvalue weighted by Crippen LogP contribution is 2.30. The average molecular weight is 385 g/mol. The quantitative estimate of drug-likeness (QED) is 0.428. The molecule has 3 aromatic carbocycles. The van der Waals surface area contributed by atoms with Crippen LogP contribution in [0.5, 0.6) is 5.75 Å². The van der Waals surface area contributed by atoms with Gasteiger partial charge in [-0.2, -0.15) is 0 Å². The fraction of sp³-hybridized carbons (Fsp3) is 0.160. The van der Waals surface area contributed by atoms with E-state index < -0.39 is 5.97 Å². The van der Waals surface area contributed by atoms with Crippen molar-refractivity contribution in [3.05, 3.63) is 90.1 Å². The minimum absolute atomic E-state index is 0.0964. The summed E-state index contributed by atoms with van der Waals surface area (Å²) in [5, 5.41) is 0.995. The van der Waals surface area contributed by atoms with Gasteiger partial charge in [-0.05, 0) is 41.8 Å². The molecule has 146 valence electrons. The molecule has 0 N–H and O–H groups in total. The summed E-state index contributed by atoms with van der Waals surface area (Å²) >= 11 is 0. The molecule has 1 heterocycles. The zero-order valence-corrected chi connectivity index (χ0v) is 16.6. The Morgan fingerprint density at radius 1 is 0.897 bits per heavy atom. The first-order valence-corrected chi connectivity index (χ1v) is 9.58. The van der Waals surface area contributed by atoms with Gasteiger partial charge in [-0.3, -0.25) is 0 Å². The number of fused-ring (bicyclic) bond motifs is 1. The number of methoxy groups -OCH3 is 1. The first-order valence-electron chi connectivity index (χ1n) is 9.58. The molecule has 4 heteroatoms. The van der Waals surface area contributed by atoms with Gasteiger partial charge in [0.15, 0.2) is 6.61 Å². The Kier molecular flexibility index (Phi) is 5.34. The summed E-state index contributed by atoms with van der Waals surface area (Å²) in [4.78, 5) is 11.4. The van der Waals surface area contributed by atoms with Crippen molar-refractivity contribution in [2.24, 2.45) is 0 Å². The summed E-state index contributed by atoms with van der Waals surface area (Å²) in [6.45, 7) is 2.76. The summed E-state index contributed by atoms with van der Waals surface area (Å²) in [5.41, 5.74) is 5.88. The number of aryl methyl sites for hydroxylation is 1. The fourth-order valence-corrected chi connectivity index (χ4v) is 3.54. The van der Waals surface area contributed by atoms with Gasteiger partial charge in [0.05, 0.1) is 12.6 Å². The SMILES string of the molecule is COC(=O)COc1cccc2c1cc(C)n2Cc1ccc(-c2ccccc2)cc1. The molecule has 0 saturated heterocycles. The van der Waals surface area contributed by atoms with Crippen molar-refractivity contribution in [3.8, 4) is 16.9 Å². The molecule has 0 aliphatic heterocycles. The largest absolute Gasteiger partial charge is 0.481 e. The van der Waals surface area contributed by atoms with Crippen LogP contribution >= 0.6 is 0 Å². The lowest BCUT2D eigenvalue weighted by Gasteiger charge is -2.11. The molecule has 0 atom stereocenters. The van der Waals surface area contributed by atoms with Gasteiger partial charge in [0.25, 0.3) is 0 Å². The zero-order valence-electron chi connectivity index (χ0n) is 16.6. The number of hydrogen-bond acceptors (Lipinski definition) is 3. The maximum atomic E-state index is 11.4. The van der Waals surface area contributed by atoms with Gasteiger partial charge in [0.1, 0.15) is 5.75 Å². The zero-order chi connectivity index (χ0) is 20.2. The molecule has 1 aromatic heterocycles. The number of carbonyl (C=O) groups is 1. The van der Waals surface area contributed by atoms with Crippen LogP contribution in [0.15, 0.2) is 78.9 Å². The third-order valence-corrected chi connectivity index (χ3v) is 5.09. The summed E-state index contributed by atoms with van der Waals surface area (Å²) in [6, 6.07) is 27.0. The van der Waals surface area contributed by atoms with Gasteiger partial charge in [0, 0.05) is 17.6 Å². The second-order valence-electron chi connectivity index (χ2n) is 6.99. The summed E-state index contributed by atoms with van der Waals surface area (Å²) < 4.78 is 12.6. The molecule has 4 aromatic rings. The number of nitrogens with zero attached hydrogens (tertiary/aromatic N) is 1. The molecular formula is C25H23NO3. The van der Waals surface area contributed by atoms with Gasteiger partial charge >= 0.3 is 5.97 Å². The summed E-state index contributed by atoms with van der Waals surface area (Å²) in [7, 11) is 1.36. The molecule has 0 radical (unpaired) electrons. The molecule has 0 bridgehead atoms. The molecule has 0 amide bonds. The van der Waals surface area contributed by atoms with Crippen LogP contribution in [0.1, 0.15) is 11.3 Å². The number of ether oxygens (including phenoxy) is 2. The minimum atomic E-state index is -0.392. The van der Waals surface area contributed by atoms with Gasteiger partial charge in [0.2, 0.25) is 0 Å². The first kappa shape index (κ1) is 18.8. The van der Waals surface area contributed by atoms with Crippen molar-refractivity contribution in [3.63, 3.8) is 0 Å². The van der Waals surface area contributed by atoms with Gasteiger partial charge < -0.3 is 14.0 Å². The molecule has 4 rings (SSSR count). The first-order chi connectivity index (χ1) is 14.2. The third kappa shape index (κ3) is 4.02. The van der Waals surface area contributed by atoms with Crippen molar-refractivity contribution in [2.75, 3.05) is 13.7 Å². The van der Waals surface area contributed by atoms with Crippen molar-refractivity contribution in [1.82, 2.24) is 4.57 Å². The van der Waals surface area contributed by atoms with Crippen LogP contribution in [0.25, 0.3) is 22.0 Å². The van der Waals surface area contributed by atoms with Crippen molar-refractivity contribution < 1.29 is 14.3 Å². The van der Waals surface area contributed by atoms with E-state index in [2.05, 4.69) is 76.9 Å². The fourth-order valence-electron chi connectivity index (χ4n) is 3.54. The van der Waals surface area contributed by atoms with E-state index in [1.165, 1.54) is 23.8 Å². The molecule has 0 unspecified atom stereocenters. The molecule has 4 nitrogen and oxygen atoms in total. The number of esters is 1. The van der Waals surface area contributed by atoms with E-state index in [0.29, 0.717) is 5.75 Å². The van der Waals surface area contributed by atoms with Crippen molar-refractivity contribution >= 4 is 16.9 Å². The van der Waals surface area contributed by atoms with Crippen LogP contribution in [0.3, 0.4) is 0 Å². The van der Waals surface area contributed by atoms with Crippen LogP contribution in [0.4, 0.5) is 0 Å². The molecule has 0 aliphatic rings. The van der Waals surface area contributed by atoms with Crippen LogP contribution in [0.2, 0.25) is 0 Å². The lowest BCUT2D eigenvalue weighted by atomic mass is 10.0. The summed E-state index contributed by atoms with van der Waals surface area (Å²) in [6.07, 6.45) is 0. The smallest absolute Gasteiger partial charge is 0.343 e. The number of carbonyl (C=O) groups excluding carboxylic acids is 1. The van der Waals surface area contributed by atoms with E-state index in [0.717, 1.165) is 23.1 Å². The van der Waals surface area contributed by atoms with Crippen LogP contribution < -0.4 is 4.74 Å². The predicted molar refractivity (Wildman–Crippen MR) is 115 cm³/mol. The predicted octanol–water partition coefficient (Wildman–Crippen LogP) is 5.22. The Balaban J connectivity index is 1.59. The normalized spacial score (nSPS) is 10.8. The standard InChI is InChI=1S/C25H23NO3/c1-18-15-22-23(9-6-10-24(22)29-17-25(27)28-2)26(18)16-19-11-13-21(14-12-19)20-7-4-3-5-8-20/h3-15H,16-17H2,1-2H3. The van der Waals surface area contributed by atoms with E-state index in [1.54, 1.807) is 0 Å². The maximum absolute atomic E-state index is 11.4. The minimum Gasteiger partial charge on any atom is -0.481 e. The Hall–Kier alpha value is -3.53. The van der Waals surface area contributed by atoms with Crippen molar-refractivity contribution in [1.29, 1.82) is 0 Å².